The summed E-state index contributed by atoms with van der Waals surface area (Å²) in [6.45, 7) is 2.28. The molecule has 1 saturated heterocycles. The average molecular weight is 305 g/mol. The molecule has 4 heteroatoms. The van der Waals surface area contributed by atoms with E-state index in [9.17, 15) is 0 Å². The van der Waals surface area contributed by atoms with Crippen LogP contribution in [0.25, 0.3) is 10.9 Å². The number of halogens is 1. The van der Waals surface area contributed by atoms with Crippen molar-refractivity contribution in [1.29, 1.82) is 0 Å². The number of pyridine rings is 1. The van der Waals surface area contributed by atoms with E-state index in [4.69, 9.17) is 16.3 Å². The second-order valence-electron chi connectivity index (χ2n) is 5.70. The van der Waals surface area contributed by atoms with Crippen LogP contribution in [-0.4, -0.2) is 25.2 Å². The number of nitrogens with one attached hydrogen (secondary N) is 1. The Hall–Kier alpha value is -1.32. The minimum Gasteiger partial charge on any atom is -0.497 e. The van der Waals surface area contributed by atoms with Crippen molar-refractivity contribution in [2.45, 2.75) is 25.7 Å². The first-order chi connectivity index (χ1) is 10.3. The van der Waals surface area contributed by atoms with E-state index in [1.54, 1.807) is 13.3 Å². The molecule has 1 aliphatic rings. The lowest BCUT2D eigenvalue weighted by Crippen LogP contribution is -2.27. The quantitative estimate of drug-likeness (QED) is 0.932. The predicted octanol–water partition coefficient (Wildman–Crippen LogP) is 3.83. The van der Waals surface area contributed by atoms with Crippen LogP contribution >= 0.6 is 11.6 Å². The second-order valence-corrected chi connectivity index (χ2v) is 6.11. The van der Waals surface area contributed by atoms with E-state index in [-0.39, 0.29) is 0 Å². The number of rotatable bonds is 4. The molecule has 0 radical (unpaired) electrons. The molecule has 0 saturated carbocycles. The Bertz CT molecular complexity index is 623. The molecule has 0 unspecified atom stereocenters. The molecular formula is C17H21ClN2O. The smallest absolute Gasteiger partial charge is 0.119 e. The van der Waals surface area contributed by atoms with E-state index in [1.807, 2.05) is 18.2 Å². The number of aryl methyl sites for hydroxylation is 1. The van der Waals surface area contributed by atoms with Crippen LogP contribution in [0.15, 0.2) is 24.4 Å². The van der Waals surface area contributed by atoms with Gasteiger partial charge in [-0.2, -0.15) is 0 Å². The highest BCUT2D eigenvalue weighted by atomic mass is 35.5. The minimum absolute atomic E-state index is 0.768. The molecule has 3 nitrogen and oxygen atoms in total. The van der Waals surface area contributed by atoms with E-state index < -0.39 is 0 Å². The van der Waals surface area contributed by atoms with E-state index in [2.05, 4.69) is 10.3 Å². The third-order valence-corrected chi connectivity index (χ3v) is 4.72. The second kappa shape index (κ2) is 6.63. The van der Waals surface area contributed by atoms with E-state index in [0.717, 1.165) is 47.1 Å². The van der Waals surface area contributed by atoms with Crippen LogP contribution in [0.1, 0.15) is 24.8 Å². The van der Waals surface area contributed by atoms with Gasteiger partial charge in [-0.25, -0.2) is 0 Å². The van der Waals surface area contributed by atoms with Gasteiger partial charge in [0.2, 0.25) is 0 Å². The standard InChI is InChI=1S/C17H21ClN2O/c1-21-13-3-5-17-15(10-13)14(16(18)11-20-17)4-2-12-6-8-19-9-7-12/h3,5,10-12,19H,2,4,6-9H2,1H3. The lowest BCUT2D eigenvalue weighted by molar-refractivity contribution is 0.354. The van der Waals surface area contributed by atoms with Gasteiger partial charge in [0.15, 0.2) is 0 Å². The fourth-order valence-electron chi connectivity index (χ4n) is 3.10. The summed E-state index contributed by atoms with van der Waals surface area (Å²) in [5, 5.41) is 5.31. The van der Waals surface area contributed by atoms with E-state index >= 15 is 0 Å². The number of aromatic nitrogens is 1. The van der Waals surface area contributed by atoms with E-state index in [1.165, 1.54) is 24.8 Å². The summed E-state index contributed by atoms with van der Waals surface area (Å²) < 4.78 is 5.33. The summed E-state index contributed by atoms with van der Waals surface area (Å²) in [4.78, 5) is 4.41. The zero-order valence-corrected chi connectivity index (χ0v) is 13.1. The van der Waals surface area contributed by atoms with Gasteiger partial charge in [-0.05, 0) is 68.5 Å². The molecule has 0 spiro atoms. The fraction of sp³-hybridized carbons (Fsp3) is 0.471. The molecule has 1 aliphatic heterocycles. The number of methoxy groups -OCH3 is 1. The topological polar surface area (TPSA) is 34.1 Å². The van der Waals surface area contributed by atoms with Gasteiger partial charge in [-0.15, -0.1) is 0 Å². The molecule has 1 N–H and O–H groups in total. The van der Waals surface area contributed by atoms with Crippen LogP contribution in [-0.2, 0) is 6.42 Å². The Morgan fingerprint density at radius 3 is 2.90 bits per heavy atom. The SMILES string of the molecule is COc1ccc2ncc(Cl)c(CCC3CCNCC3)c2c1. The van der Waals surface area contributed by atoms with Crippen molar-refractivity contribution >= 4 is 22.5 Å². The third-order valence-electron chi connectivity index (χ3n) is 4.40. The fourth-order valence-corrected chi connectivity index (χ4v) is 3.35. The van der Waals surface area contributed by atoms with Crippen molar-refractivity contribution in [3.05, 3.63) is 35.0 Å². The maximum absolute atomic E-state index is 6.40. The molecule has 1 aromatic heterocycles. The van der Waals surface area contributed by atoms with Gasteiger partial charge in [0.05, 0.1) is 17.6 Å². The first kappa shape index (κ1) is 14.6. The average Bonchev–Trinajstić information content (AvgIpc) is 2.54. The minimum atomic E-state index is 0.768. The highest BCUT2D eigenvalue weighted by Gasteiger charge is 2.15. The number of piperidine rings is 1. The summed E-state index contributed by atoms with van der Waals surface area (Å²) in [5.41, 5.74) is 2.19. The largest absolute Gasteiger partial charge is 0.497 e. The van der Waals surface area contributed by atoms with Gasteiger partial charge >= 0.3 is 0 Å². The van der Waals surface area contributed by atoms with Crippen LogP contribution in [0.2, 0.25) is 5.02 Å². The van der Waals surface area contributed by atoms with Gasteiger partial charge in [0.25, 0.3) is 0 Å². The van der Waals surface area contributed by atoms with E-state index in [0.29, 0.717) is 0 Å². The molecule has 112 valence electrons. The first-order valence-corrected chi connectivity index (χ1v) is 7.97. The number of benzene rings is 1. The molecule has 0 atom stereocenters. The Balaban J connectivity index is 1.86. The van der Waals surface area contributed by atoms with Crippen LogP contribution in [0.5, 0.6) is 5.75 Å². The zero-order valence-electron chi connectivity index (χ0n) is 12.4. The van der Waals surface area contributed by atoms with Crippen LogP contribution < -0.4 is 10.1 Å². The van der Waals surface area contributed by atoms with Crippen LogP contribution in [0, 0.1) is 5.92 Å². The molecule has 0 bridgehead atoms. The molecule has 21 heavy (non-hydrogen) atoms. The number of hydrogen-bond donors (Lipinski definition) is 1. The first-order valence-electron chi connectivity index (χ1n) is 7.60. The number of nitrogens with zero attached hydrogens (tertiary/aromatic N) is 1. The van der Waals surface area contributed by atoms with Gasteiger partial charge in [0.1, 0.15) is 5.75 Å². The summed E-state index contributed by atoms with van der Waals surface area (Å²) in [6, 6.07) is 5.99. The summed E-state index contributed by atoms with van der Waals surface area (Å²) in [6.07, 6.45) is 6.51. The normalized spacial score (nSPS) is 16.3. The number of fused-ring (bicyclic) bond motifs is 1. The van der Waals surface area contributed by atoms with Crippen molar-refractivity contribution in [3.8, 4) is 5.75 Å². The molecular weight excluding hydrogens is 284 g/mol. The highest BCUT2D eigenvalue weighted by Crippen LogP contribution is 2.30. The van der Waals surface area contributed by atoms with Crippen LogP contribution in [0.3, 0.4) is 0 Å². The molecule has 0 aliphatic carbocycles. The van der Waals surface area contributed by atoms with Gasteiger partial charge in [-0.1, -0.05) is 11.6 Å². The Morgan fingerprint density at radius 1 is 1.33 bits per heavy atom. The lowest BCUT2D eigenvalue weighted by Gasteiger charge is -2.22. The summed E-state index contributed by atoms with van der Waals surface area (Å²) >= 11 is 6.40. The van der Waals surface area contributed by atoms with Crippen molar-refractivity contribution in [1.82, 2.24) is 10.3 Å². The van der Waals surface area contributed by atoms with Crippen molar-refractivity contribution in [2.24, 2.45) is 5.92 Å². The monoisotopic (exact) mass is 304 g/mol. The number of hydrogen-bond acceptors (Lipinski definition) is 3. The maximum Gasteiger partial charge on any atom is 0.119 e. The summed E-state index contributed by atoms with van der Waals surface area (Å²) in [5.74, 6) is 1.66. The molecule has 1 fully saturated rings. The lowest BCUT2D eigenvalue weighted by atomic mass is 9.90. The van der Waals surface area contributed by atoms with Crippen LogP contribution in [0.4, 0.5) is 0 Å². The molecule has 3 rings (SSSR count). The molecule has 1 aromatic carbocycles. The molecule has 0 amide bonds. The zero-order chi connectivity index (χ0) is 14.7. The maximum atomic E-state index is 6.40. The van der Waals surface area contributed by atoms with Crippen molar-refractivity contribution in [2.75, 3.05) is 20.2 Å². The highest BCUT2D eigenvalue weighted by molar-refractivity contribution is 6.32. The molecule has 2 aromatic rings. The Kier molecular flexibility index (Phi) is 4.61. The van der Waals surface area contributed by atoms with Gasteiger partial charge in [0, 0.05) is 11.6 Å². The Labute approximate surface area is 130 Å². The molecule has 2 heterocycles. The Morgan fingerprint density at radius 2 is 2.14 bits per heavy atom. The van der Waals surface area contributed by atoms with Crippen molar-refractivity contribution < 1.29 is 4.74 Å². The predicted molar refractivity (Wildman–Crippen MR) is 87.2 cm³/mol. The summed E-state index contributed by atoms with van der Waals surface area (Å²) in [7, 11) is 1.69. The van der Waals surface area contributed by atoms with Gasteiger partial charge in [-0.3, -0.25) is 4.98 Å². The third kappa shape index (κ3) is 3.30. The van der Waals surface area contributed by atoms with Crippen molar-refractivity contribution in [3.63, 3.8) is 0 Å². The van der Waals surface area contributed by atoms with Gasteiger partial charge < -0.3 is 10.1 Å². The number of ether oxygens (including phenoxy) is 1.